The van der Waals surface area contributed by atoms with Crippen LogP contribution < -0.4 is 5.32 Å². The van der Waals surface area contributed by atoms with Gasteiger partial charge < -0.3 is 5.32 Å². The molecule has 0 saturated heterocycles. The minimum absolute atomic E-state index is 0.0304. The number of hydrogen-bond acceptors (Lipinski definition) is 4. The van der Waals surface area contributed by atoms with E-state index in [1.807, 2.05) is 25.3 Å². The minimum Gasteiger partial charge on any atom is -0.349 e. The fourth-order valence-electron chi connectivity index (χ4n) is 2.14. The SMILES string of the molecule is Cc1cc(C)n(CC(=O)NCc2csc(C3CC3)n2)n1. The van der Waals surface area contributed by atoms with Crippen molar-refractivity contribution in [2.45, 2.75) is 45.7 Å². The maximum atomic E-state index is 11.9. The van der Waals surface area contributed by atoms with Crippen LogP contribution in [0.4, 0.5) is 0 Å². The van der Waals surface area contributed by atoms with E-state index in [-0.39, 0.29) is 12.5 Å². The number of hydrogen-bond donors (Lipinski definition) is 1. The van der Waals surface area contributed by atoms with Crippen molar-refractivity contribution in [1.82, 2.24) is 20.1 Å². The maximum Gasteiger partial charge on any atom is 0.242 e. The smallest absolute Gasteiger partial charge is 0.242 e. The summed E-state index contributed by atoms with van der Waals surface area (Å²) in [5.41, 5.74) is 2.89. The zero-order valence-electron chi connectivity index (χ0n) is 11.7. The summed E-state index contributed by atoms with van der Waals surface area (Å²) in [6, 6.07) is 1.97. The molecule has 106 valence electrons. The topological polar surface area (TPSA) is 59.8 Å². The van der Waals surface area contributed by atoms with Crippen molar-refractivity contribution >= 4 is 17.2 Å². The molecule has 1 saturated carbocycles. The van der Waals surface area contributed by atoms with Crippen molar-refractivity contribution in [2.24, 2.45) is 0 Å². The minimum atomic E-state index is -0.0304. The molecule has 1 aliphatic rings. The molecule has 0 aliphatic heterocycles. The molecule has 2 heterocycles. The summed E-state index contributed by atoms with van der Waals surface area (Å²) in [5, 5.41) is 10.4. The molecule has 0 aromatic carbocycles. The summed E-state index contributed by atoms with van der Waals surface area (Å²) in [7, 11) is 0. The van der Waals surface area contributed by atoms with Crippen LogP contribution in [0.3, 0.4) is 0 Å². The summed E-state index contributed by atoms with van der Waals surface area (Å²) < 4.78 is 1.72. The molecule has 1 fully saturated rings. The molecule has 0 unspecified atom stereocenters. The molecule has 20 heavy (non-hydrogen) atoms. The lowest BCUT2D eigenvalue weighted by Crippen LogP contribution is -2.28. The first kappa shape index (κ1) is 13.3. The first-order valence-corrected chi connectivity index (χ1v) is 7.72. The molecule has 1 amide bonds. The predicted octanol–water partition coefficient (Wildman–Crippen LogP) is 2.15. The lowest BCUT2D eigenvalue weighted by Gasteiger charge is -2.05. The van der Waals surface area contributed by atoms with Gasteiger partial charge in [0.05, 0.1) is 22.9 Å². The fraction of sp³-hybridized carbons (Fsp3) is 0.500. The first-order valence-electron chi connectivity index (χ1n) is 6.84. The summed E-state index contributed by atoms with van der Waals surface area (Å²) in [6.07, 6.45) is 2.52. The van der Waals surface area contributed by atoms with Gasteiger partial charge in [-0.3, -0.25) is 9.48 Å². The number of carbonyl (C=O) groups is 1. The molecule has 2 aromatic heterocycles. The van der Waals surface area contributed by atoms with E-state index in [9.17, 15) is 4.79 Å². The van der Waals surface area contributed by atoms with E-state index in [0.717, 1.165) is 17.1 Å². The highest BCUT2D eigenvalue weighted by molar-refractivity contribution is 7.09. The van der Waals surface area contributed by atoms with Crippen molar-refractivity contribution in [3.05, 3.63) is 33.5 Å². The predicted molar refractivity (Wildman–Crippen MR) is 77.6 cm³/mol. The van der Waals surface area contributed by atoms with Crippen LogP contribution in [-0.4, -0.2) is 20.7 Å². The quantitative estimate of drug-likeness (QED) is 0.918. The van der Waals surface area contributed by atoms with Gasteiger partial charge in [-0.1, -0.05) is 0 Å². The number of aryl methyl sites for hydroxylation is 2. The van der Waals surface area contributed by atoms with Gasteiger partial charge in [0.25, 0.3) is 0 Å². The average Bonchev–Trinajstić information content (AvgIpc) is 3.06. The van der Waals surface area contributed by atoms with Crippen LogP contribution in [-0.2, 0) is 17.9 Å². The summed E-state index contributed by atoms with van der Waals surface area (Å²) >= 11 is 1.70. The maximum absolute atomic E-state index is 11.9. The van der Waals surface area contributed by atoms with Crippen LogP contribution in [0.15, 0.2) is 11.4 Å². The van der Waals surface area contributed by atoms with Gasteiger partial charge in [0.2, 0.25) is 5.91 Å². The van der Waals surface area contributed by atoms with Crippen LogP contribution in [0, 0.1) is 13.8 Å². The van der Waals surface area contributed by atoms with Crippen LogP contribution in [0.25, 0.3) is 0 Å². The number of nitrogens with one attached hydrogen (secondary N) is 1. The Morgan fingerprint density at radius 1 is 1.50 bits per heavy atom. The molecule has 0 atom stereocenters. The normalized spacial score (nSPS) is 14.5. The zero-order valence-corrected chi connectivity index (χ0v) is 12.5. The molecular weight excluding hydrogens is 272 g/mol. The Labute approximate surface area is 122 Å². The summed E-state index contributed by atoms with van der Waals surface area (Å²) in [6.45, 7) is 4.65. The van der Waals surface area contributed by atoms with E-state index in [0.29, 0.717) is 12.5 Å². The molecule has 6 heteroatoms. The fourth-order valence-corrected chi connectivity index (χ4v) is 3.13. The highest BCUT2D eigenvalue weighted by Crippen LogP contribution is 2.41. The van der Waals surface area contributed by atoms with Crippen molar-refractivity contribution in [1.29, 1.82) is 0 Å². The third-order valence-corrected chi connectivity index (χ3v) is 4.42. The zero-order chi connectivity index (χ0) is 14.1. The first-order chi connectivity index (χ1) is 9.61. The average molecular weight is 290 g/mol. The Balaban J connectivity index is 1.52. The number of aromatic nitrogens is 3. The lowest BCUT2D eigenvalue weighted by molar-refractivity contribution is -0.122. The Morgan fingerprint density at radius 3 is 2.95 bits per heavy atom. The highest BCUT2D eigenvalue weighted by Gasteiger charge is 2.26. The van der Waals surface area contributed by atoms with E-state index in [4.69, 9.17) is 0 Å². The molecule has 0 bridgehead atoms. The second-order valence-electron chi connectivity index (χ2n) is 5.31. The molecule has 0 spiro atoms. The molecule has 0 radical (unpaired) electrons. The van der Waals surface area contributed by atoms with Gasteiger partial charge in [0, 0.05) is 17.0 Å². The van der Waals surface area contributed by atoms with Crippen LogP contribution in [0.2, 0.25) is 0 Å². The lowest BCUT2D eigenvalue weighted by atomic mass is 10.4. The van der Waals surface area contributed by atoms with Gasteiger partial charge in [-0.15, -0.1) is 11.3 Å². The van der Waals surface area contributed by atoms with E-state index < -0.39 is 0 Å². The molecular formula is C14H18N4OS. The number of nitrogens with zero attached hydrogens (tertiary/aromatic N) is 3. The molecule has 3 rings (SSSR count). The summed E-state index contributed by atoms with van der Waals surface area (Å²) in [4.78, 5) is 16.5. The van der Waals surface area contributed by atoms with Crippen LogP contribution >= 0.6 is 11.3 Å². The Hall–Kier alpha value is -1.69. The Kier molecular flexibility index (Phi) is 3.56. The number of amides is 1. The largest absolute Gasteiger partial charge is 0.349 e. The second kappa shape index (κ2) is 5.36. The van der Waals surface area contributed by atoms with E-state index in [1.54, 1.807) is 16.0 Å². The van der Waals surface area contributed by atoms with Crippen molar-refractivity contribution in [3.8, 4) is 0 Å². The number of thiazole rings is 1. The molecule has 2 aromatic rings. The van der Waals surface area contributed by atoms with Crippen LogP contribution in [0.1, 0.15) is 40.8 Å². The van der Waals surface area contributed by atoms with Crippen LogP contribution in [0.5, 0.6) is 0 Å². The van der Waals surface area contributed by atoms with E-state index >= 15 is 0 Å². The third kappa shape index (κ3) is 3.07. The van der Waals surface area contributed by atoms with Gasteiger partial charge in [0.1, 0.15) is 6.54 Å². The standard InChI is InChI=1S/C14H18N4OS/c1-9-5-10(2)18(17-9)7-13(19)15-6-12-8-20-14(16-12)11-3-4-11/h5,8,11H,3-4,6-7H2,1-2H3,(H,15,19). The van der Waals surface area contributed by atoms with E-state index in [1.165, 1.54) is 17.8 Å². The third-order valence-electron chi connectivity index (χ3n) is 3.36. The van der Waals surface area contributed by atoms with Crippen molar-refractivity contribution in [3.63, 3.8) is 0 Å². The van der Waals surface area contributed by atoms with Gasteiger partial charge in [-0.05, 0) is 32.8 Å². The van der Waals surface area contributed by atoms with E-state index in [2.05, 4.69) is 15.4 Å². The van der Waals surface area contributed by atoms with Gasteiger partial charge in [0.15, 0.2) is 0 Å². The number of rotatable bonds is 5. The van der Waals surface area contributed by atoms with Gasteiger partial charge in [-0.2, -0.15) is 5.10 Å². The van der Waals surface area contributed by atoms with Crippen molar-refractivity contribution < 1.29 is 4.79 Å². The number of carbonyl (C=O) groups excluding carboxylic acids is 1. The molecule has 5 nitrogen and oxygen atoms in total. The van der Waals surface area contributed by atoms with Gasteiger partial charge >= 0.3 is 0 Å². The Bertz CT molecular complexity index is 627. The Morgan fingerprint density at radius 2 is 2.30 bits per heavy atom. The molecule has 1 aliphatic carbocycles. The van der Waals surface area contributed by atoms with Crippen molar-refractivity contribution in [2.75, 3.05) is 0 Å². The molecule has 1 N–H and O–H groups in total. The monoisotopic (exact) mass is 290 g/mol. The van der Waals surface area contributed by atoms with Gasteiger partial charge in [-0.25, -0.2) is 4.98 Å². The highest BCUT2D eigenvalue weighted by atomic mass is 32.1. The summed E-state index contributed by atoms with van der Waals surface area (Å²) in [5.74, 6) is 0.649. The second-order valence-corrected chi connectivity index (χ2v) is 6.20.